The topological polar surface area (TPSA) is 33.6 Å². The van der Waals surface area contributed by atoms with E-state index in [1.165, 1.54) is 32.1 Å². The van der Waals surface area contributed by atoms with Crippen molar-refractivity contribution in [1.82, 2.24) is 14.8 Å². The van der Waals surface area contributed by atoms with Gasteiger partial charge in [-0.2, -0.15) is 5.10 Å². The molecule has 1 saturated carbocycles. The molecule has 1 aliphatic carbocycles. The van der Waals surface area contributed by atoms with E-state index in [2.05, 4.69) is 28.6 Å². The fraction of sp³-hybridized carbons (Fsp3) is 0.833. The van der Waals surface area contributed by atoms with Crippen LogP contribution in [-0.2, 0) is 6.42 Å². The molecule has 3 nitrogen and oxygen atoms in total. The Bertz CT molecular complexity index is 387. The third kappa shape index (κ3) is 2.37. The summed E-state index contributed by atoms with van der Waals surface area (Å²) in [7, 11) is 0. The Hall–Kier alpha value is -0.640. The SMILES string of the molecule is CCC(C)Cc1n[nH]c(=S)n1C1CCCC1. The van der Waals surface area contributed by atoms with E-state index in [4.69, 9.17) is 12.2 Å². The molecule has 0 amide bonds. The minimum absolute atomic E-state index is 0.602. The van der Waals surface area contributed by atoms with Crippen LogP contribution in [0.1, 0.15) is 57.8 Å². The lowest BCUT2D eigenvalue weighted by Crippen LogP contribution is -2.12. The molecule has 0 aliphatic heterocycles. The van der Waals surface area contributed by atoms with Gasteiger partial charge in [0, 0.05) is 12.5 Å². The van der Waals surface area contributed by atoms with E-state index in [1.54, 1.807) is 0 Å². The molecule has 1 N–H and O–H groups in total. The van der Waals surface area contributed by atoms with Gasteiger partial charge in [-0.15, -0.1) is 0 Å². The van der Waals surface area contributed by atoms with Gasteiger partial charge < -0.3 is 4.57 Å². The van der Waals surface area contributed by atoms with Crippen LogP contribution in [0.25, 0.3) is 0 Å². The second-order valence-corrected chi connectivity index (χ2v) is 5.36. The molecule has 0 saturated heterocycles. The highest BCUT2D eigenvalue weighted by Gasteiger charge is 2.21. The highest BCUT2D eigenvalue weighted by Crippen LogP contribution is 2.30. The first-order valence-corrected chi connectivity index (χ1v) is 6.79. The van der Waals surface area contributed by atoms with Gasteiger partial charge in [-0.3, -0.25) is 5.10 Å². The van der Waals surface area contributed by atoms with Crippen molar-refractivity contribution in [1.29, 1.82) is 0 Å². The summed E-state index contributed by atoms with van der Waals surface area (Å²) >= 11 is 5.34. The fourth-order valence-electron chi connectivity index (χ4n) is 2.48. The highest BCUT2D eigenvalue weighted by molar-refractivity contribution is 7.71. The molecule has 1 unspecified atom stereocenters. The van der Waals surface area contributed by atoms with E-state index in [-0.39, 0.29) is 0 Å². The number of hydrogen-bond donors (Lipinski definition) is 1. The normalized spacial score (nSPS) is 19.1. The Kier molecular flexibility index (Phi) is 3.79. The van der Waals surface area contributed by atoms with Crippen molar-refractivity contribution < 1.29 is 0 Å². The smallest absolute Gasteiger partial charge is 0.195 e. The predicted molar refractivity (Wildman–Crippen MR) is 68.1 cm³/mol. The molecule has 1 atom stereocenters. The third-order valence-corrected chi connectivity index (χ3v) is 3.98. The largest absolute Gasteiger partial charge is 0.301 e. The molecule has 1 fully saturated rings. The number of aromatic amines is 1. The van der Waals surface area contributed by atoms with Crippen molar-refractivity contribution in [2.75, 3.05) is 0 Å². The van der Waals surface area contributed by atoms with Crippen LogP contribution in [0.2, 0.25) is 0 Å². The maximum atomic E-state index is 5.34. The van der Waals surface area contributed by atoms with Crippen molar-refractivity contribution >= 4 is 12.2 Å². The molecule has 1 aromatic heterocycles. The van der Waals surface area contributed by atoms with E-state index in [9.17, 15) is 0 Å². The minimum atomic E-state index is 0.602. The first-order valence-electron chi connectivity index (χ1n) is 6.38. The van der Waals surface area contributed by atoms with Crippen LogP contribution >= 0.6 is 12.2 Å². The molecule has 0 bridgehead atoms. The van der Waals surface area contributed by atoms with Gasteiger partial charge >= 0.3 is 0 Å². The molecule has 16 heavy (non-hydrogen) atoms. The maximum Gasteiger partial charge on any atom is 0.195 e. The van der Waals surface area contributed by atoms with Crippen molar-refractivity contribution in [3.8, 4) is 0 Å². The van der Waals surface area contributed by atoms with Crippen molar-refractivity contribution in [2.24, 2.45) is 5.92 Å². The molecule has 1 aromatic rings. The van der Waals surface area contributed by atoms with Gasteiger partial charge in [-0.1, -0.05) is 33.1 Å². The maximum absolute atomic E-state index is 5.34. The van der Waals surface area contributed by atoms with Gasteiger partial charge in [0.25, 0.3) is 0 Å². The molecule has 2 rings (SSSR count). The fourth-order valence-corrected chi connectivity index (χ4v) is 2.78. The van der Waals surface area contributed by atoms with E-state index in [1.807, 2.05) is 0 Å². The minimum Gasteiger partial charge on any atom is -0.301 e. The number of aromatic nitrogens is 3. The third-order valence-electron chi connectivity index (χ3n) is 3.70. The molecular weight excluding hydrogens is 218 g/mol. The molecule has 0 radical (unpaired) electrons. The van der Waals surface area contributed by atoms with Crippen molar-refractivity contribution in [3.63, 3.8) is 0 Å². The van der Waals surface area contributed by atoms with Crippen LogP contribution in [0.5, 0.6) is 0 Å². The summed E-state index contributed by atoms with van der Waals surface area (Å²) in [6.45, 7) is 4.50. The van der Waals surface area contributed by atoms with Crippen LogP contribution < -0.4 is 0 Å². The average molecular weight is 239 g/mol. The lowest BCUT2D eigenvalue weighted by molar-refractivity contribution is 0.460. The number of nitrogens with one attached hydrogen (secondary N) is 1. The number of H-pyrrole nitrogens is 1. The van der Waals surface area contributed by atoms with E-state index in [0.29, 0.717) is 12.0 Å². The van der Waals surface area contributed by atoms with Gasteiger partial charge in [0.1, 0.15) is 5.82 Å². The molecule has 1 heterocycles. The lowest BCUT2D eigenvalue weighted by Gasteiger charge is -2.15. The summed E-state index contributed by atoms with van der Waals surface area (Å²) in [6.07, 6.45) is 7.44. The monoisotopic (exact) mass is 239 g/mol. The summed E-state index contributed by atoms with van der Waals surface area (Å²) in [5.74, 6) is 1.84. The molecule has 90 valence electrons. The van der Waals surface area contributed by atoms with Gasteiger partial charge in [0.05, 0.1) is 0 Å². The quantitative estimate of drug-likeness (QED) is 0.814. The zero-order valence-electron chi connectivity index (χ0n) is 10.2. The summed E-state index contributed by atoms with van der Waals surface area (Å²) < 4.78 is 3.08. The Morgan fingerprint density at radius 2 is 2.19 bits per heavy atom. The lowest BCUT2D eigenvalue weighted by atomic mass is 10.0. The summed E-state index contributed by atoms with van der Waals surface area (Å²) in [5.41, 5.74) is 0. The van der Waals surface area contributed by atoms with Gasteiger partial charge in [-0.05, 0) is 31.0 Å². The summed E-state index contributed by atoms with van der Waals surface area (Å²) in [5, 5.41) is 7.35. The number of rotatable bonds is 4. The zero-order valence-corrected chi connectivity index (χ0v) is 11.0. The Labute approximate surface area is 102 Å². The average Bonchev–Trinajstić information content (AvgIpc) is 2.88. The van der Waals surface area contributed by atoms with Gasteiger partial charge in [0.2, 0.25) is 0 Å². The second-order valence-electron chi connectivity index (χ2n) is 4.97. The van der Waals surface area contributed by atoms with E-state index >= 15 is 0 Å². The predicted octanol–water partition coefficient (Wildman–Crippen LogP) is 3.64. The Balaban J connectivity index is 2.21. The van der Waals surface area contributed by atoms with E-state index < -0.39 is 0 Å². The van der Waals surface area contributed by atoms with Crippen LogP contribution in [0.3, 0.4) is 0 Å². The molecule has 4 heteroatoms. The zero-order chi connectivity index (χ0) is 11.5. The first kappa shape index (κ1) is 11.8. The van der Waals surface area contributed by atoms with Crippen LogP contribution in [0.15, 0.2) is 0 Å². The first-order chi connectivity index (χ1) is 7.72. The Morgan fingerprint density at radius 1 is 1.50 bits per heavy atom. The number of hydrogen-bond acceptors (Lipinski definition) is 2. The van der Waals surface area contributed by atoms with Crippen molar-refractivity contribution in [3.05, 3.63) is 10.6 Å². The van der Waals surface area contributed by atoms with Gasteiger partial charge in [0.15, 0.2) is 4.77 Å². The summed E-state index contributed by atoms with van der Waals surface area (Å²) in [4.78, 5) is 0. The van der Waals surface area contributed by atoms with Crippen molar-refractivity contribution in [2.45, 2.75) is 58.4 Å². The Morgan fingerprint density at radius 3 is 2.81 bits per heavy atom. The molecule has 0 spiro atoms. The number of nitrogens with zero attached hydrogens (tertiary/aromatic N) is 2. The molecule has 1 aliphatic rings. The highest BCUT2D eigenvalue weighted by atomic mass is 32.1. The van der Waals surface area contributed by atoms with Gasteiger partial charge in [-0.25, -0.2) is 0 Å². The second kappa shape index (κ2) is 5.13. The summed E-state index contributed by atoms with van der Waals surface area (Å²) in [6, 6.07) is 0.602. The molecule has 0 aromatic carbocycles. The standard InChI is InChI=1S/C12H21N3S/c1-3-9(2)8-11-13-14-12(16)15(11)10-6-4-5-7-10/h9-10H,3-8H2,1-2H3,(H,14,16). The van der Waals surface area contributed by atoms with E-state index in [0.717, 1.165) is 17.0 Å². The van der Waals surface area contributed by atoms with Crippen LogP contribution in [-0.4, -0.2) is 14.8 Å². The van der Waals surface area contributed by atoms with Crippen LogP contribution in [0, 0.1) is 10.7 Å². The van der Waals surface area contributed by atoms with Crippen LogP contribution in [0.4, 0.5) is 0 Å². The molecular formula is C12H21N3S.